The summed E-state index contributed by atoms with van der Waals surface area (Å²) in [5.41, 5.74) is 3.49. The Kier molecular flexibility index (Phi) is 2.22. The van der Waals surface area contributed by atoms with E-state index in [2.05, 4.69) is 0 Å². The Balaban J connectivity index is 1.91. The molecule has 0 bridgehead atoms. The minimum atomic E-state index is -0.324. The van der Waals surface area contributed by atoms with Gasteiger partial charge in [0.2, 0.25) is 0 Å². The molecule has 3 nitrogen and oxygen atoms in total. The third-order valence-electron chi connectivity index (χ3n) is 3.61. The number of halogens is 1. The zero-order valence-electron chi connectivity index (χ0n) is 9.97. The normalized spacial score (nSPS) is 19.9. The largest absolute Gasteiger partial charge is 0.349 e. The molecule has 4 heteroatoms. The Morgan fingerprint density at radius 2 is 2.05 bits per heavy atom. The third kappa shape index (κ3) is 1.46. The highest BCUT2D eigenvalue weighted by Gasteiger charge is 2.41. The molecule has 94 valence electrons. The van der Waals surface area contributed by atoms with Crippen molar-refractivity contribution in [3.05, 3.63) is 64.2 Å². The number of benzene rings is 2. The first-order valence-electron chi connectivity index (χ1n) is 6.08. The lowest BCUT2D eigenvalue weighted by Gasteiger charge is -2.32. The van der Waals surface area contributed by atoms with Crippen molar-refractivity contribution in [2.75, 3.05) is 4.90 Å². The van der Waals surface area contributed by atoms with Crippen molar-refractivity contribution in [3.63, 3.8) is 0 Å². The first-order valence-corrected chi connectivity index (χ1v) is 6.46. The van der Waals surface area contributed by atoms with Crippen molar-refractivity contribution in [1.82, 2.24) is 0 Å². The van der Waals surface area contributed by atoms with E-state index in [1.54, 1.807) is 17.0 Å². The van der Waals surface area contributed by atoms with E-state index in [0.29, 0.717) is 17.2 Å². The summed E-state index contributed by atoms with van der Waals surface area (Å²) in [6.45, 7) is 0.521. The molecule has 2 aliphatic heterocycles. The number of carbonyl (C=O) groups is 1. The highest BCUT2D eigenvalue weighted by atomic mass is 35.5. The van der Waals surface area contributed by atoms with Gasteiger partial charge in [-0.25, -0.2) is 0 Å². The molecule has 0 N–H and O–H groups in total. The summed E-state index contributed by atoms with van der Waals surface area (Å²) in [7, 11) is 0. The molecule has 1 atom stereocenters. The van der Waals surface area contributed by atoms with E-state index in [9.17, 15) is 4.79 Å². The van der Waals surface area contributed by atoms with Crippen LogP contribution in [0.15, 0.2) is 42.5 Å². The fourth-order valence-corrected chi connectivity index (χ4v) is 2.91. The maximum absolute atomic E-state index is 12.5. The monoisotopic (exact) mass is 271 g/mol. The predicted octanol–water partition coefficient (Wildman–Crippen LogP) is 3.53. The van der Waals surface area contributed by atoms with Crippen molar-refractivity contribution in [3.8, 4) is 0 Å². The van der Waals surface area contributed by atoms with Gasteiger partial charge in [-0.05, 0) is 18.2 Å². The highest BCUT2D eigenvalue weighted by molar-refractivity contribution is 6.31. The van der Waals surface area contributed by atoms with Crippen molar-refractivity contribution < 1.29 is 9.53 Å². The lowest BCUT2D eigenvalue weighted by atomic mass is 10.1. The number of anilines is 1. The van der Waals surface area contributed by atoms with Crippen LogP contribution in [-0.4, -0.2) is 5.91 Å². The Bertz CT molecular complexity index is 698. The molecule has 0 radical (unpaired) electrons. The summed E-state index contributed by atoms with van der Waals surface area (Å²) in [5, 5.41) is 0.570. The molecule has 19 heavy (non-hydrogen) atoms. The predicted molar refractivity (Wildman–Crippen MR) is 72.2 cm³/mol. The van der Waals surface area contributed by atoms with Crippen LogP contribution in [0.2, 0.25) is 5.02 Å². The smallest absolute Gasteiger partial charge is 0.261 e. The van der Waals surface area contributed by atoms with Gasteiger partial charge < -0.3 is 4.74 Å². The van der Waals surface area contributed by atoms with Crippen LogP contribution in [-0.2, 0) is 11.3 Å². The fourth-order valence-electron chi connectivity index (χ4n) is 2.74. The van der Waals surface area contributed by atoms with Crippen LogP contribution in [0.5, 0.6) is 0 Å². The molecule has 0 saturated carbocycles. The number of amides is 1. The van der Waals surface area contributed by atoms with Crippen molar-refractivity contribution in [2.24, 2.45) is 0 Å². The van der Waals surface area contributed by atoms with E-state index < -0.39 is 0 Å². The molecule has 0 fully saturated rings. The maximum atomic E-state index is 12.5. The average Bonchev–Trinajstić information content (AvgIpc) is 2.72. The Morgan fingerprint density at radius 1 is 1.21 bits per heavy atom. The van der Waals surface area contributed by atoms with Gasteiger partial charge in [0, 0.05) is 21.7 Å². The lowest BCUT2D eigenvalue weighted by molar-refractivity contribution is 0.0319. The summed E-state index contributed by atoms with van der Waals surface area (Å²) in [6, 6.07) is 13.2. The first-order chi connectivity index (χ1) is 9.25. The standard InChI is InChI=1S/C15H10ClNO2/c16-10-5-6-11-12(7-10)14(18)17-13-4-2-1-3-9(13)8-19-15(11)17/h1-7,15H,8H2/t15-/m0/s1. The minimum Gasteiger partial charge on any atom is -0.349 e. The lowest BCUT2D eigenvalue weighted by Crippen LogP contribution is -2.33. The molecular formula is C15H10ClNO2. The number of nitrogens with zero attached hydrogens (tertiary/aromatic N) is 1. The third-order valence-corrected chi connectivity index (χ3v) is 3.85. The van der Waals surface area contributed by atoms with E-state index >= 15 is 0 Å². The number of ether oxygens (including phenoxy) is 1. The Morgan fingerprint density at radius 3 is 2.95 bits per heavy atom. The van der Waals surface area contributed by atoms with Gasteiger partial charge in [0.15, 0.2) is 6.23 Å². The van der Waals surface area contributed by atoms with Crippen LogP contribution in [0.3, 0.4) is 0 Å². The summed E-state index contributed by atoms with van der Waals surface area (Å²) in [4.78, 5) is 14.2. The van der Waals surface area contributed by atoms with Gasteiger partial charge in [-0.3, -0.25) is 9.69 Å². The van der Waals surface area contributed by atoms with E-state index in [0.717, 1.165) is 16.8 Å². The number of carbonyl (C=O) groups excluding carboxylic acids is 1. The maximum Gasteiger partial charge on any atom is 0.261 e. The SMILES string of the molecule is O=C1c2cc(Cl)ccc2[C@@H]2OCc3ccccc3N12. The van der Waals surface area contributed by atoms with Crippen LogP contribution in [0.4, 0.5) is 5.69 Å². The second-order valence-electron chi connectivity index (χ2n) is 4.70. The number of fused-ring (bicyclic) bond motifs is 5. The van der Waals surface area contributed by atoms with Crippen LogP contribution in [0.1, 0.15) is 27.7 Å². The number of rotatable bonds is 0. The molecule has 0 saturated heterocycles. The van der Waals surface area contributed by atoms with Gasteiger partial charge in [0.1, 0.15) is 0 Å². The van der Waals surface area contributed by atoms with Gasteiger partial charge in [-0.2, -0.15) is 0 Å². The summed E-state index contributed by atoms with van der Waals surface area (Å²) >= 11 is 5.97. The Labute approximate surface area is 115 Å². The second-order valence-corrected chi connectivity index (χ2v) is 5.14. The molecule has 0 aromatic heterocycles. The molecule has 2 heterocycles. The van der Waals surface area contributed by atoms with Crippen LogP contribution in [0.25, 0.3) is 0 Å². The molecule has 0 aliphatic carbocycles. The zero-order chi connectivity index (χ0) is 13.0. The van der Waals surface area contributed by atoms with E-state index in [1.165, 1.54) is 0 Å². The van der Waals surface area contributed by atoms with Crippen molar-refractivity contribution >= 4 is 23.2 Å². The topological polar surface area (TPSA) is 29.5 Å². The molecule has 2 aromatic rings. The van der Waals surface area contributed by atoms with Gasteiger partial charge in [-0.1, -0.05) is 35.9 Å². The van der Waals surface area contributed by atoms with Gasteiger partial charge in [-0.15, -0.1) is 0 Å². The first kappa shape index (κ1) is 11.0. The molecule has 0 unspecified atom stereocenters. The molecule has 0 spiro atoms. The van der Waals surface area contributed by atoms with Gasteiger partial charge >= 0.3 is 0 Å². The average molecular weight is 272 g/mol. The highest BCUT2D eigenvalue weighted by Crippen LogP contribution is 2.43. The quantitative estimate of drug-likeness (QED) is 0.734. The number of hydrogen-bond donors (Lipinski definition) is 0. The fraction of sp³-hybridized carbons (Fsp3) is 0.133. The van der Waals surface area contributed by atoms with Crippen LogP contribution < -0.4 is 4.90 Å². The van der Waals surface area contributed by atoms with E-state index in [-0.39, 0.29) is 12.1 Å². The number of hydrogen-bond acceptors (Lipinski definition) is 2. The summed E-state index contributed by atoms with van der Waals surface area (Å²) < 4.78 is 5.83. The molecule has 2 aliphatic rings. The molecular weight excluding hydrogens is 262 g/mol. The minimum absolute atomic E-state index is 0.0466. The van der Waals surface area contributed by atoms with Gasteiger partial charge in [0.05, 0.1) is 12.3 Å². The zero-order valence-corrected chi connectivity index (χ0v) is 10.7. The van der Waals surface area contributed by atoms with Crippen molar-refractivity contribution in [1.29, 1.82) is 0 Å². The molecule has 1 amide bonds. The summed E-state index contributed by atoms with van der Waals surface area (Å²) in [6.07, 6.45) is -0.324. The number of para-hydroxylation sites is 1. The van der Waals surface area contributed by atoms with E-state index in [1.807, 2.05) is 30.3 Å². The Hall–Kier alpha value is -1.84. The second kappa shape index (κ2) is 3.83. The molecule has 2 aromatic carbocycles. The van der Waals surface area contributed by atoms with Crippen LogP contribution in [0, 0.1) is 0 Å². The van der Waals surface area contributed by atoms with Crippen molar-refractivity contribution in [2.45, 2.75) is 12.8 Å². The summed E-state index contributed by atoms with van der Waals surface area (Å²) in [5.74, 6) is -0.0466. The van der Waals surface area contributed by atoms with Gasteiger partial charge in [0.25, 0.3) is 5.91 Å². The van der Waals surface area contributed by atoms with Crippen LogP contribution >= 0.6 is 11.6 Å². The molecule has 4 rings (SSSR count). The van der Waals surface area contributed by atoms with E-state index in [4.69, 9.17) is 16.3 Å².